The molecule has 0 radical (unpaired) electrons. The van der Waals surface area contributed by atoms with Gasteiger partial charge in [0.1, 0.15) is 0 Å². The maximum absolute atomic E-state index is 10.3. The third-order valence-corrected chi connectivity index (χ3v) is 5.18. The first-order valence-corrected chi connectivity index (χ1v) is 12.8. The molecular weight excluding hydrogens is 482 g/mol. The van der Waals surface area contributed by atoms with E-state index in [4.69, 9.17) is 26.2 Å². The van der Waals surface area contributed by atoms with Crippen molar-refractivity contribution >= 4 is 17.6 Å². The Kier molecular flexibility index (Phi) is 31.4. The molecule has 0 fully saturated rings. The molecule has 0 atom stereocenters. The van der Waals surface area contributed by atoms with Crippen LogP contribution in [0.1, 0.15) is 114 Å². The molecule has 0 aliphatic heterocycles. The number of aliphatic hydroxyl groups is 2. The van der Waals surface area contributed by atoms with E-state index in [2.05, 4.69) is 13.8 Å². The van der Waals surface area contributed by atoms with Crippen LogP contribution >= 0.6 is 0 Å². The van der Waals surface area contributed by atoms with Gasteiger partial charge >= 0.3 is 11.9 Å². The van der Waals surface area contributed by atoms with Crippen molar-refractivity contribution < 1.29 is 51.7 Å². The zero-order chi connectivity index (χ0) is 26.0. The van der Waals surface area contributed by atoms with Gasteiger partial charge in [-0.05, 0) is 36.6 Å². The van der Waals surface area contributed by atoms with Crippen LogP contribution in [0.25, 0.3) is 0 Å². The van der Waals surface area contributed by atoms with Gasteiger partial charge in [-0.15, -0.1) is 0 Å². The van der Waals surface area contributed by atoms with Crippen molar-refractivity contribution in [3.05, 3.63) is 29.8 Å². The second kappa shape index (κ2) is 28.8. The second-order valence-corrected chi connectivity index (χ2v) is 8.94. The Balaban J connectivity index is -0.000000564. The molecule has 0 heterocycles. The molecule has 0 amide bonds. The van der Waals surface area contributed by atoms with Gasteiger partial charge in [-0.2, -0.15) is 0 Å². The maximum Gasteiger partial charge on any atom is 0.335 e. The van der Waals surface area contributed by atoms with Crippen molar-refractivity contribution in [1.29, 1.82) is 0 Å². The van der Waals surface area contributed by atoms with Gasteiger partial charge in [0.05, 0.1) is 18.8 Å². The van der Waals surface area contributed by atoms with E-state index in [0.29, 0.717) is 12.1 Å². The molecule has 1 aromatic rings. The van der Waals surface area contributed by atoms with Crippen LogP contribution in [-0.2, 0) is 26.5 Å². The summed E-state index contributed by atoms with van der Waals surface area (Å²) in [5.74, 6) is -0.719. The summed E-state index contributed by atoms with van der Waals surface area (Å²) in [7, 11) is 0. The fourth-order valence-electron chi connectivity index (χ4n) is 3.22. The number of rotatable bonds is 17. The van der Waals surface area contributed by atoms with Crippen LogP contribution in [0.3, 0.4) is 0 Å². The van der Waals surface area contributed by atoms with Gasteiger partial charge in [-0.25, -0.2) is 4.79 Å². The smallest absolute Gasteiger partial charge is 0.335 e. The third-order valence-electron chi connectivity index (χ3n) is 5.18. The van der Waals surface area contributed by atoms with Crippen LogP contribution in [0.2, 0.25) is 0 Å². The number of aliphatic carboxylic acids is 1. The van der Waals surface area contributed by atoms with Crippen LogP contribution in [0.15, 0.2) is 24.3 Å². The van der Waals surface area contributed by atoms with Gasteiger partial charge in [0, 0.05) is 33.8 Å². The molecule has 35 heavy (non-hydrogen) atoms. The van der Waals surface area contributed by atoms with Crippen LogP contribution in [0, 0.1) is 5.92 Å². The number of nitrogen functional groups attached to an aromatic ring is 1. The first-order chi connectivity index (χ1) is 16.2. The van der Waals surface area contributed by atoms with Crippen molar-refractivity contribution in [3.8, 4) is 0 Å². The number of carbonyl (C=O) groups is 2. The summed E-state index contributed by atoms with van der Waals surface area (Å²) in [5.41, 5.74) is 6.17. The maximum atomic E-state index is 10.3. The summed E-state index contributed by atoms with van der Waals surface area (Å²) in [6.45, 7) is 4.36. The van der Waals surface area contributed by atoms with Crippen molar-refractivity contribution in [3.63, 3.8) is 0 Å². The molecule has 0 saturated heterocycles. The van der Waals surface area contributed by atoms with Crippen molar-refractivity contribution in [2.75, 3.05) is 18.9 Å². The van der Waals surface area contributed by atoms with Gasteiger partial charge in [0.2, 0.25) is 0 Å². The minimum Gasteiger partial charge on any atom is -0.481 e. The molecular formula is C27H49NO6Ti. The first kappa shape index (κ1) is 38.1. The number of anilines is 1. The van der Waals surface area contributed by atoms with Gasteiger partial charge < -0.3 is 26.2 Å². The molecule has 202 valence electrons. The van der Waals surface area contributed by atoms with E-state index in [9.17, 15) is 9.59 Å². The zero-order valence-electron chi connectivity index (χ0n) is 21.9. The van der Waals surface area contributed by atoms with Crippen LogP contribution in [-0.4, -0.2) is 45.6 Å². The molecule has 0 aromatic heterocycles. The van der Waals surface area contributed by atoms with E-state index < -0.39 is 11.9 Å². The molecule has 0 aliphatic rings. The summed E-state index contributed by atoms with van der Waals surface area (Å²) >= 11 is 0. The summed E-state index contributed by atoms with van der Waals surface area (Å²) < 4.78 is 0. The Morgan fingerprint density at radius 3 is 1.40 bits per heavy atom. The monoisotopic (exact) mass is 531 g/mol. The van der Waals surface area contributed by atoms with Crippen LogP contribution in [0.5, 0.6) is 0 Å². The Morgan fingerprint density at radius 1 is 0.714 bits per heavy atom. The fraction of sp³-hybridized carbons (Fsp3) is 0.704. The average Bonchev–Trinajstić information content (AvgIpc) is 2.79. The second-order valence-electron chi connectivity index (χ2n) is 8.94. The predicted molar refractivity (Wildman–Crippen MR) is 139 cm³/mol. The standard InChI is InChI=1S/C18H36O2.C7H7NO2.C2H6O2.Ti/c1-17(2)15-13-11-9-7-5-3-4-6-8-10-12-14-16-18(19)20;8-6-3-1-5(2-4-6)7(9)10;3-1-2-4;/h17H,3-16H2,1-2H3,(H,19,20);1-4H,8H2,(H,9,10);3-4H,1-2H2;. The van der Waals surface area contributed by atoms with Crippen molar-refractivity contribution in [2.45, 2.75) is 104 Å². The number of nitrogens with two attached hydrogens (primary N) is 1. The van der Waals surface area contributed by atoms with Crippen molar-refractivity contribution in [1.82, 2.24) is 0 Å². The Bertz CT molecular complexity index is 594. The third kappa shape index (κ3) is 32.6. The quantitative estimate of drug-likeness (QED) is 0.0926. The Labute approximate surface area is 227 Å². The largest absolute Gasteiger partial charge is 0.481 e. The number of hydrogen-bond acceptors (Lipinski definition) is 5. The van der Waals surface area contributed by atoms with E-state index >= 15 is 0 Å². The molecule has 1 rings (SSSR count). The zero-order valence-corrected chi connectivity index (χ0v) is 23.4. The summed E-state index contributed by atoms with van der Waals surface area (Å²) in [6.07, 6.45) is 17.3. The number of hydrogen-bond donors (Lipinski definition) is 5. The van der Waals surface area contributed by atoms with E-state index in [0.717, 1.165) is 18.8 Å². The number of unbranched alkanes of at least 4 members (excludes halogenated alkanes) is 11. The molecule has 0 bridgehead atoms. The van der Waals surface area contributed by atoms with Crippen LogP contribution in [0.4, 0.5) is 5.69 Å². The average molecular weight is 532 g/mol. The van der Waals surface area contributed by atoms with E-state index in [1.165, 1.54) is 82.8 Å². The first-order valence-electron chi connectivity index (χ1n) is 12.8. The molecule has 1 aromatic carbocycles. The normalized spacial score (nSPS) is 9.86. The number of carboxylic acid groups (broad SMARTS) is 2. The van der Waals surface area contributed by atoms with Gasteiger partial charge in [0.15, 0.2) is 0 Å². The molecule has 0 spiro atoms. The molecule has 7 nitrogen and oxygen atoms in total. The van der Waals surface area contributed by atoms with Gasteiger partial charge in [0.25, 0.3) is 0 Å². The minimum atomic E-state index is -0.931. The van der Waals surface area contributed by atoms with Crippen molar-refractivity contribution in [2.24, 2.45) is 5.92 Å². The Morgan fingerprint density at radius 2 is 1.09 bits per heavy atom. The number of aromatic carboxylic acids is 1. The number of benzene rings is 1. The molecule has 0 unspecified atom stereocenters. The van der Waals surface area contributed by atoms with Gasteiger partial charge in [-0.3, -0.25) is 4.79 Å². The molecule has 6 N–H and O–H groups in total. The minimum absolute atomic E-state index is 0. The summed E-state index contributed by atoms with van der Waals surface area (Å²) in [5, 5.41) is 32.2. The predicted octanol–water partition coefficient (Wildman–Crippen LogP) is 6.12. The molecule has 0 saturated carbocycles. The molecule has 8 heteroatoms. The van der Waals surface area contributed by atoms with E-state index in [1.54, 1.807) is 12.1 Å². The molecule has 0 aliphatic carbocycles. The van der Waals surface area contributed by atoms with Crippen LogP contribution < -0.4 is 5.73 Å². The fourth-order valence-corrected chi connectivity index (χ4v) is 3.22. The number of aliphatic hydroxyl groups excluding tert-OH is 2. The number of carboxylic acids is 2. The Hall–Kier alpha value is -1.41. The SMILES string of the molecule is CC(C)CCCCCCCCCCCCCCC(=O)O.Nc1ccc(C(=O)O)cc1.OCCO.[Ti]. The van der Waals surface area contributed by atoms with Gasteiger partial charge in [-0.1, -0.05) is 90.9 Å². The summed E-state index contributed by atoms with van der Waals surface area (Å²) in [4.78, 5) is 20.6. The van der Waals surface area contributed by atoms with E-state index in [-0.39, 0.29) is 40.5 Å². The summed E-state index contributed by atoms with van der Waals surface area (Å²) in [6, 6.07) is 6.06. The van der Waals surface area contributed by atoms with E-state index in [1.807, 2.05) is 0 Å². The topological polar surface area (TPSA) is 141 Å².